The average molecular weight is 361 g/mol. The summed E-state index contributed by atoms with van der Waals surface area (Å²) in [6, 6.07) is 0. The molecule has 0 aromatic heterocycles. The lowest BCUT2D eigenvalue weighted by Gasteiger charge is -2.12. The average Bonchev–Trinajstić information content (AvgIpc) is 2.37. The first-order chi connectivity index (χ1) is 8.36. The van der Waals surface area contributed by atoms with Crippen LogP contribution in [-0.2, 0) is 0 Å². The van der Waals surface area contributed by atoms with Crippen LogP contribution in [-0.4, -0.2) is 25.6 Å². The second kappa shape index (κ2) is 11.4. The van der Waals surface area contributed by atoms with E-state index in [1.54, 1.807) is 5.57 Å². The molecule has 0 amide bonds. The third kappa shape index (κ3) is 7.59. The van der Waals surface area contributed by atoms with E-state index >= 15 is 0 Å². The minimum absolute atomic E-state index is 0. The second-order valence-corrected chi connectivity index (χ2v) is 4.18. The van der Waals surface area contributed by atoms with Crippen LogP contribution in [0.2, 0.25) is 0 Å². The number of guanidine groups is 1. The zero-order valence-corrected chi connectivity index (χ0v) is 13.5. The van der Waals surface area contributed by atoms with Gasteiger partial charge in [0.1, 0.15) is 0 Å². The highest BCUT2D eigenvalue weighted by molar-refractivity contribution is 14.0. The van der Waals surface area contributed by atoms with Crippen molar-refractivity contribution in [3.63, 3.8) is 0 Å². The standard InChI is InChI=1S/C14H23N3.HI/c1-3-11-16-14(15-4-2)17-12-10-13-8-6-5-7-9-13;/h1,8H,4-7,9-12H2,2H3,(H2,15,16,17);1H. The number of nitrogens with one attached hydrogen (secondary N) is 2. The molecule has 0 aliphatic heterocycles. The normalized spacial score (nSPS) is 15.1. The van der Waals surface area contributed by atoms with Crippen LogP contribution in [0, 0.1) is 12.3 Å². The molecule has 0 heterocycles. The van der Waals surface area contributed by atoms with Gasteiger partial charge in [0.15, 0.2) is 5.96 Å². The van der Waals surface area contributed by atoms with Gasteiger partial charge in [0, 0.05) is 13.1 Å². The molecule has 0 atom stereocenters. The first-order valence-corrected chi connectivity index (χ1v) is 6.50. The third-order valence-electron chi connectivity index (χ3n) is 2.79. The van der Waals surface area contributed by atoms with Crippen LogP contribution in [0.4, 0.5) is 0 Å². The summed E-state index contributed by atoms with van der Waals surface area (Å²) in [6.45, 7) is 4.27. The predicted molar refractivity (Wildman–Crippen MR) is 89.4 cm³/mol. The molecule has 0 saturated carbocycles. The van der Waals surface area contributed by atoms with Crippen molar-refractivity contribution in [3.05, 3.63) is 11.6 Å². The Labute approximate surface area is 128 Å². The largest absolute Gasteiger partial charge is 0.357 e. The van der Waals surface area contributed by atoms with Crippen molar-refractivity contribution in [2.24, 2.45) is 4.99 Å². The molecular weight excluding hydrogens is 337 g/mol. The van der Waals surface area contributed by atoms with Gasteiger partial charge in [-0.15, -0.1) is 30.4 Å². The molecule has 0 bridgehead atoms. The molecule has 0 aromatic carbocycles. The first kappa shape index (κ1) is 17.3. The van der Waals surface area contributed by atoms with Crippen molar-refractivity contribution >= 4 is 29.9 Å². The molecule has 0 unspecified atom stereocenters. The van der Waals surface area contributed by atoms with E-state index in [0.29, 0.717) is 6.54 Å². The summed E-state index contributed by atoms with van der Waals surface area (Å²) in [7, 11) is 0. The molecule has 1 rings (SSSR count). The highest BCUT2D eigenvalue weighted by Gasteiger charge is 2.03. The fraction of sp³-hybridized carbons (Fsp3) is 0.643. The highest BCUT2D eigenvalue weighted by atomic mass is 127. The monoisotopic (exact) mass is 361 g/mol. The first-order valence-electron chi connectivity index (χ1n) is 6.50. The molecule has 1 aliphatic rings. The molecule has 1 aliphatic carbocycles. The molecule has 0 fully saturated rings. The number of allylic oxidation sites excluding steroid dienone is 1. The quantitative estimate of drug-likeness (QED) is 0.260. The van der Waals surface area contributed by atoms with E-state index in [2.05, 4.69) is 34.5 Å². The Morgan fingerprint density at radius 3 is 2.89 bits per heavy atom. The van der Waals surface area contributed by atoms with Gasteiger partial charge < -0.3 is 10.6 Å². The summed E-state index contributed by atoms with van der Waals surface area (Å²) in [4.78, 5) is 4.50. The van der Waals surface area contributed by atoms with Crippen LogP contribution < -0.4 is 10.6 Å². The van der Waals surface area contributed by atoms with Gasteiger partial charge >= 0.3 is 0 Å². The lowest BCUT2D eigenvalue weighted by atomic mass is 9.97. The van der Waals surface area contributed by atoms with Gasteiger partial charge in [-0.1, -0.05) is 17.6 Å². The number of hydrogen-bond acceptors (Lipinski definition) is 1. The Balaban J connectivity index is 0.00000289. The lowest BCUT2D eigenvalue weighted by molar-refractivity contribution is 0.675. The van der Waals surface area contributed by atoms with E-state index in [1.165, 1.54) is 25.7 Å². The Morgan fingerprint density at radius 2 is 2.28 bits per heavy atom. The third-order valence-corrected chi connectivity index (χ3v) is 2.79. The van der Waals surface area contributed by atoms with E-state index < -0.39 is 0 Å². The number of aliphatic imine (C=N–C) groups is 1. The Bertz CT molecular complexity index is 315. The zero-order chi connectivity index (χ0) is 12.3. The van der Waals surface area contributed by atoms with Gasteiger partial charge in [-0.25, -0.2) is 0 Å². The maximum atomic E-state index is 5.21. The van der Waals surface area contributed by atoms with Crippen LogP contribution in [0.15, 0.2) is 16.6 Å². The molecule has 0 spiro atoms. The molecule has 3 nitrogen and oxygen atoms in total. The number of nitrogens with zero attached hydrogens (tertiary/aromatic N) is 1. The molecule has 0 saturated heterocycles. The van der Waals surface area contributed by atoms with Gasteiger partial charge in [0.2, 0.25) is 0 Å². The van der Waals surface area contributed by atoms with Crippen molar-refractivity contribution in [1.82, 2.24) is 10.6 Å². The highest BCUT2D eigenvalue weighted by Crippen LogP contribution is 2.19. The van der Waals surface area contributed by atoms with Crippen molar-refractivity contribution in [2.45, 2.75) is 39.0 Å². The minimum atomic E-state index is 0. The summed E-state index contributed by atoms with van der Waals surface area (Å²) in [5.41, 5.74) is 1.56. The summed E-state index contributed by atoms with van der Waals surface area (Å²) in [6.07, 6.45) is 13.8. The van der Waals surface area contributed by atoms with E-state index in [1.807, 2.05) is 0 Å². The van der Waals surface area contributed by atoms with E-state index in [0.717, 1.165) is 25.5 Å². The fourth-order valence-electron chi connectivity index (χ4n) is 1.92. The minimum Gasteiger partial charge on any atom is -0.357 e. The zero-order valence-electron chi connectivity index (χ0n) is 11.2. The number of halogens is 1. The molecule has 0 radical (unpaired) electrons. The van der Waals surface area contributed by atoms with Crippen molar-refractivity contribution in [1.29, 1.82) is 0 Å². The maximum absolute atomic E-state index is 5.21. The topological polar surface area (TPSA) is 36.4 Å². The lowest BCUT2D eigenvalue weighted by Crippen LogP contribution is -2.37. The molecule has 4 heteroatoms. The maximum Gasteiger partial charge on any atom is 0.192 e. The van der Waals surface area contributed by atoms with Crippen molar-refractivity contribution in [2.75, 3.05) is 19.6 Å². The van der Waals surface area contributed by atoms with Crippen LogP contribution >= 0.6 is 24.0 Å². The smallest absolute Gasteiger partial charge is 0.192 e. The van der Waals surface area contributed by atoms with Gasteiger partial charge in [-0.2, -0.15) is 0 Å². The number of hydrogen-bond donors (Lipinski definition) is 2. The molecule has 0 aromatic rings. The second-order valence-electron chi connectivity index (χ2n) is 4.18. The van der Waals surface area contributed by atoms with Crippen LogP contribution in [0.3, 0.4) is 0 Å². The van der Waals surface area contributed by atoms with Gasteiger partial charge in [0.25, 0.3) is 0 Å². The van der Waals surface area contributed by atoms with E-state index in [-0.39, 0.29) is 24.0 Å². The molecule has 102 valence electrons. The Hall–Kier alpha value is -0.700. The van der Waals surface area contributed by atoms with Crippen LogP contribution in [0.25, 0.3) is 0 Å². The summed E-state index contributed by atoms with van der Waals surface area (Å²) >= 11 is 0. The SMILES string of the molecule is C#CCNC(=NCCC1=CCCCC1)NCC.I. The van der Waals surface area contributed by atoms with E-state index in [9.17, 15) is 0 Å². The Kier molecular flexibility index (Phi) is 11.0. The van der Waals surface area contributed by atoms with Crippen LogP contribution in [0.1, 0.15) is 39.0 Å². The number of terminal acetylenes is 1. The fourth-order valence-corrected chi connectivity index (χ4v) is 1.92. The van der Waals surface area contributed by atoms with Crippen LogP contribution in [0.5, 0.6) is 0 Å². The predicted octanol–water partition coefficient (Wildman–Crippen LogP) is 2.68. The molecule has 18 heavy (non-hydrogen) atoms. The van der Waals surface area contributed by atoms with Gasteiger partial charge in [0.05, 0.1) is 6.54 Å². The van der Waals surface area contributed by atoms with Gasteiger partial charge in [-0.05, 0) is 39.0 Å². The molecule has 2 N–H and O–H groups in total. The summed E-state index contributed by atoms with van der Waals surface area (Å²) in [5, 5.41) is 6.27. The summed E-state index contributed by atoms with van der Waals surface area (Å²) in [5.74, 6) is 3.37. The summed E-state index contributed by atoms with van der Waals surface area (Å²) < 4.78 is 0. The van der Waals surface area contributed by atoms with Gasteiger partial charge in [-0.3, -0.25) is 4.99 Å². The van der Waals surface area contributed by atoms with Crippen molar-refractivity contribution in [3.8, 4) is 12.3 Å². The number of rotatable bonds is 5. The van der Waals surface area contributed by atoms with E-state index in [4.69, 9.17) is 6.42 Å². The molecular formula is C14H24IN3. The Morgan fingerprint density at radius 1 is 1.44 bits per heavy atom. The van der Waals surface area contributed by atoms with Crippen molar-refractivity contribution < 1.29 is 0 Å².